The average molecular weight is 160 g/mol. The molecule has 1 nitrogen and oxygen atoms in total. The number of rotatable bonds is 2. The van der Waals surface area contributed by atoms with E-state index in [0.717, 1.165) is 10.5 Å². The molecule has 1 rings (SSSR count). The van der Waals surface area contributed by atoms with Crippen LogP contribution in [0.2, 0.25) is 0 Å². The molecule has 0 unspecified atom stereocenters. The molecule has 8 heavy (non-hydrogen) atoms. The third-order valence-corrected chi connectivity index (χ3v) is 4.13. The van der Waals surface area contributed by atoms with Crippen molar-refractivity contribution in [1.29, 1.82) is 0 Å². The molecule has 1 aromatic rings. The summed E-state index contributed by atoms with van der Waals surface area (Å²) in [7, 11) is 0.625. The number of thiophene rings is 1. The van der Waals surface area contributed by atoms with Crippen LogP contribution in [0.15, 0.2) is 17.5 Å². The van der Waals surface area contributed by atoms with E-state index in [4.69, 9.17) is 4.12 Å². The fraction of sp³-hybridized carbons (Fsp3) is 0. The third kappa shape index (κ3) is 1.55. The van der Waals surface area contributed by atoms with Gasteiger partial charge in [0, 0.05) is 4.50 Å². The zero-order valence-electron chi connectivity index (χ0n) is 4.76. The topological polar surface area (TPSA) is 9.23 Å². The van der Waals surface area contributed by atoms with Crippen molar-refractivity contribution in [3.8, 4) is 0 Å². The Kier molecular flexibility index (Phi) is 2.48. The second-order valence-electron chi connectivity index (χ2n) is 1.51. The van der Waals surface area contributed by atoms with Gasteiger partial charge in [-0.3, -0.25) is 0 Å². The largest absolute Gasteiger partial charge is 0.464 e. The Morgan fingerprint density at radius 3 is 3.12 bits per heavy atom. The molecule has 0 saturated carbocycles. The molecule has 44 valence electrons. The van der Waals surface area contributed by atoms with Crippen molar-refractivity contribution >= 4 is 36.1 Å². The van der Waals surface area contributed by atoms with Crippen LogP contribution >= 0.6 is 11.3 Å². The highest BCUT2D eigenvalue weighted by atomic mass is 32.1. The second kappa shape index (κ2) is 3.19. The highest BCUT2D eigenvalue weighted by molar-refractivity contribution is 7.19. The first-order valence-corrected chi connectivity index (χ1v) is 5.43. The van der Waals surface area contributed by atoms with E-state index in [1.807, 2.05) is 0 Å². The van der Waals surface area contributed by atoms with E-state index in [1.165, 1.54) is 4.50 Å². The summed E-state index contributed by atoms with van der Waals surface area (Å²) in [4.78, 5) is 0. The highest BCUT2D eigenvalue weighted by Crippen LogP contribution is 1.90. The van der Waals surface area contributed by atoms with Gasteiger partial charge in [0.15, 0.2) is 9.76 Å². The predicted octanol–water partition coefficient (Wildman–Crippen LogP) is -1.25. The monoisotopic (exact) mass is 160 g/mol. The Bertz CT molecular complexity index is 140. The van der Waals surface area contributed by atoms with Crippen molar-refractivity contribution in [2.75, 3.05) is 0 Å². The highest BCUT2D eigenvalue weighted by Gasteiger charge is 1.88. The first-order chi connectivity index (χ1) is 3.93. The Morgan fingerprint density at radius 1 is 1.75 bits per heavy atom. The normalized spacial score (nSPS) is 11.5. The van der Waals surface area contributed by atoms with Gasteiger partial charge in [-0.1, -0.05) is 12.1 Å². The summed E-state index contributed by atoms with van der Waals surface area (Å²) in [5.74, 6) is 0. The zero-order chi connectivity index (χ0) is 5.82. The van der Waals surface area contributed by atoms with E-state index in [9.17, 15) is 0 Å². The second-order valence-corrected chi connectivity index (χ2v) is 6.42. The molecule has 0 amide bonds. The van der Waals surface area contributed by atoms with E-state index < -0.39 is 0 Å². The summed E-state index contributed by atoms with van der Waals surface area (Å²) in [6.45, 7) is 0. The van der Waals surface area contributed by atoms with Crippen LogP contribution in [0.3, 0.4) is 0 Å². The van der Waals surface area contributed by atoms with Gasteiger partial charge in [0.2, 0.25) is 0 Å². The summed E-state index contributed by atoms with van der Waals surface area (Å²) < 4.78 is 6.63. The van der Waals surface area contributed by atoms with Crippen molar-refractivity contribution < 1.29 is 4.12 Å². The van der Waals surface area contributed by atoms with Crippen LogP contribution in [-0.2, 0) is 4.12 Å². The molecule has 0 fully saturated rings. The number of hydrogen-bond donors (Lipinski definition) is 0. The lowest BCUT2D eigenvalue weighted by molar-refractivity contribution is 0.677. The standard InChI is InChI=1S/C4H8OSSi2/c7-5-8-4-2-1-3-6-4/h1-3H,8H2,7H3. The van der Waals surface area contributed by atoms with Crippen LogP contribution in [-0.4, -0.2) is 20.2 Å². The number of hydrogen-bond acceptors (Lipinski definition) is 2. The van der Waals surface area contributed by atoms with Crippen molar-refractivity contribution in [1.82, 2.24) is 0 Å². The molecule has 0 N–H and O–H groups in total. The average Bonchev–Trinajstić information content (AvgIpc) is 2.19. The Morgan fingerprint density at radius 2 is 2.62 bits per heavy atom. The zero-order valence-corrected chi connectivity index (χ0v) is 8.99. The van der Waals surface area contributed by atoms with Crippen molar-refractivity contribution in [3.63, 3.8) is 0 Å². The summed E-state index contributed by atoms with van der Waals surface area (Å²) in [5.41, 5.74) is 0. The molecule has 0 radical (unpaired) electrons. The Balaban J connectivity index is 2.50. The van der Waals surface area contributed by atoms with E-state index in [-0.39, 0.29) is 9.76 Å². The lowest BCUT2D eigenvalue weighted by Gasteiger charge is -1.88. The van der Waals surface area contributed by atoms with Gasteiger partial charge in [-0.25, -0.2) is 0 Å². The molecule has 0 aromatic carbocycles. The van der Waals surface area contributed by atoms with Crippen LogP contribution in [0, 0.1) is 0 Å². The minimum absolute atomic E-state index is 0.279. The minimum atomic E-state index is -0.279. The fourth-order valence-corrected chi connectivity index (χ4v) is 4.02. The summed E-state index contributed by atoms with van der Waals surface area (Å²) in [6, 6.07) is 4.22. The molecule has 0 aliphatic carbocycles. The van der Waals surface area contributed by atoms with Crippen molar-refractivity contribution in [2.45, 2.75) is 0 Å². The predicted molar refractivity (Wildman–Crippen MR) is 43.5 cm³/mol. The SMILES string of the molecule is [SiH3]O[SiH2]c1cccs1. The Labute approximate surface area is 58.2 Å². The van der Waals surface area contributed by atoms with Gasteiger partial charge in [0.1, 0.15) is 10.5 Å². The molecule has 0 atom stereocenters. The van der Waals surface area contributed by atoms with Gasteiger partial charge < -0.3 is 4.12 Å². The molecule has 1 aromatic heterocycles. The molecule has 0 saturated heterocycles. The van der Waals surface area contributed by atoms with E-state index in [2.05, 4.69) is 17.5 Å². The fourth-order valence-electron chi connectivity index (χ4n) is 0.537. The van der Waals surface area contributed by atoms with Gasteiger partial charge in [0.25, 0.3) is 0 Å². The smallest absolute Gasteiger partial charge is 0.189 e. The van der Waals surface area contributed by atoms with Gasteiger partial charge in [-0.15, -0.1) is 0 Å². The van der Waals surface area contributed by atoms with E-state index >= 15 is 0 Å². The van der Waals surface area contributed by atoms with Gasteiger partial charge in [-0.05, 0) is 5.38 Å². The van der Waals surface area contributed by atoms with Crippen LogP contribution in [0.4, 0.5) is 0 Å². The molecule has 1 heterocycles. The van der Waals surface area contributed by atoms with Crippen molar-refractivity contribution in [2.24, 2.45) is 0 Å². The first kappa shape index (κ1) is 6.22. The van der Waals surface area contributed by atoms with Crippen LogP contribution in [0.1, 0.15) is 0 Å². The summed E-state index contributed by atoms with van der Waals surface area (Å²) >= 11 is 1.81. The van der Waals surface area contributed by atoms with Crippen molar-refractivity contribution in [3.05, 3.63) is 17.5 Å². The first-order valence-electron chi connectivity index (χ1n) is 2.45. The summed E-state index contributed by atoms with van der Waals surface area (Å²) in [6.07, 6.45) is 0. The van der Waals surface area contributed by atoms with Gasteiger partial charge >= 0.3 is 0 Å². The summed E-state index contributed by atoms with van der Waals surface area (Å²) in [5, 5.41) is 2.10. The van der Waals surface area contributed by atoms with Gasteiger partial charge in [-0.2, -0.15) is 11.3 Å². The van der Waals surface area contributed by atoms with E-state index in [0.29, 0.717) is 0 Å². The van der Waals surface area contributed by atoms with Crippen LogP contribution in [0.5, 0.6) is 0 Å². The lowest BCUT2D eigenvalue weighted by Crippen LogP contribution is -2.10. The quantitative estimate of drug-likeness (QED) is 0.492. The molecular weight excluding hydrogens is 152 g/mol. The Hall–Kier alpha value is 0.0938. The molecule has 0 aliphatic rings. The van der Waals surface area contributed by atoms with Gasteiger partial charge in [0.05, 0.1) is 0 Å². The lowest BCUT2D eigenvalue weighted by atomic mass is 10.7. The van der Waals surface area contributed by atoms with Crippen LogP contribution in [0.25, 0.3) is 0 Å². The molecule has 0 aliphatic heterocycles. The molecule has 4 heteroatoms. The molecular formula is C4H8OSSi2. The van der Waals surface area contributed by atoms with E-state index in [1.54, 1.807) is 11.3 Å². The maximum Gasteiger partial charge on any atom is 0.189 e. The maximum absolute atomic E-state index is 5.17. The molecule has 0 spiro atoms. The minimum Gasteiger partial charge on any atom is -0.464 e. The molecule has 0 bridgehead atoms. The van der Waals surface area contributed by atoms with Crippen LogP contribution < -0.4 is 4.50 Å². The maximum atomic E-state index is 5.17. The third-order valence-electron chi connectivity index (χ3n) is 0.867.